The Kier molecular flexibility index (Phi) is 3.26. The summed E-state index contributed by atoms with van der Waals surface area (Å²) >= 11 is 0. The van der Waals surface area contributed by atoms with Gasteiger partial charge in [0.05, 0.1) is 16.6 Å². The molecule has 0 atom stereocenters. The molecule has 4 rings (SSSR count). The van der Waals surface area contributed by atoms with Crippen LogP contribution in [0, 0.1) is 13.8 Å². The Labute approximate surface area is 139 Å². The molecule has 1 aromatic carbocycles. The molecular weight excluding hydrogens is 304 g/mol. The van der Waals surface area contributed by atoms with E-state index in [0.29, 0.717) is 28.9 Å². The minimum absolute atomic E-state index is 0.0663. The number of nitrogens with two attached hydrogens (primary N) is 1. The van der Waals surface area contributed by atoms with Gasteiger partial charge in [-0.15, -0.1) is 0 Å². The van der Waals surface area contributed by atoms with Crippen molar-refractivity contribution in [2.75, 3.05) is 17.2 Å². The molecule has 2 aromatic heterocycles. The molecule has 3 aromatic rings. The van der Waals surface area contributed by atoms with Crippen molar-refractivity contribution in [3.8, 4) is 0 Å². The standard InChI is InChI=1S/C18H18N4O2/c1-10-9-13(16-11(2)21-24-17(16)20-10)18(23)22-8-4-5-12-14(19)6-3-7-15(12)22/h3,6-7,9H,4-5,8,19H2,1-2H3. The normalized spacial score (nSPS) is 14.0. The number of benzene rings is 1. The first-order valence-corrected chi connectivity index (χ1v) is 7.99. The minimum atomic E-state index is -0.0663. The van der Waals surface area contributed by atoms with Gasteiger partial charge in [-0.25, -0.2) is 4.98 Å². The molecule has 0 bridgehead atoms. The van der Waals surface area contributed by atoms with Crippen molar-refractivity contribution in [2.24, 2.45) is 0 Å². The smallest absolute Gasteiger partial charge is 0.259 e. The fourth-order valence-corrected chi connectivity index (χ4v) is 3.39. The van der Waals surface area contributed by atoms with Crippen LogP contribution >= 0.6 is 0 Å². The van der Waals surface area contributed by atoms with Gasteiger partial charge in [-0.05, 0) is 50.5 Å². The quantitative estimate of drug-likeness (QED) is 0.696. The average Bonchev–Trinajstić information content (AvgIpc) is 2.94. The maximum Gasteiger partial charge on any atom is 0.259 e. The molecule has 6 nitrogen and oxygen atoms in total. The third-order valence-corrected chi connectivity index (χ3v) is 4.51. The van der Waals surface area contributed by atoms with Gasteiger partial charge in [-0.2, -0.15) is 0 Å². The molecule has 1 aliphatic heterocycles. The summed E-state index contributed by atoms with van der Waals surface area (Å²) in [5.41, 5.74) is 11.1. The van der Waals surface area contributed by atoms with E-state index < -0.39 is 0 Å². The zero-order valence-electron chi connectivity index (χ0n) is 13.7. The monoisotopic (exact) mass is 322 g/mol. The zero-order chi connectivity index (χ0) is 16.8. The van der Waals surface area contributed by atoms with E-state index in [4.69, 9.17) is 10.3 Å². The third kappa shape index (κ3) is 2.14. The number of hydrogen-bond acceptors (Lipinski definition) is 5. The number of aryl methyl sites for hydroxylation is 2. The highest BCUT2D eigenvalue weighted by Crippen LogP contribution is 2.33. The number of hydrogen-bond donors (Lipinski definition) is 1. The van der Waals surface area contributed by atoms with Crippen molar-refractivity contribution in [1.29, 1.82) is 0 Å². The summed E-state index contributed by atoms with van der Waals surface area (Å²) in [5.74, 6) is -0.0663. The molecule has 0 saturated carbocycles. The fraction of sp³-hybridized carbons (Fsp3) is 0.278. The molecule has 2 N–H and O–H groups in total. The van der Waals surface area contributed by atoms with Crippen LogP contribution in [0.4, 0.5) is 11.4 Å². The Morgan fingerprint density at radius 1 is 1.33 bits per heavy atom. The van der Waals surface area contributed by atoms with E-state index in [1.807, 2.05) is 32.0 Å². The summed E-state index contributed by atoms with van der Waals surface area (Å²) in [5, 5.41) is 4.64. The van der Waals surface area contributed by atoms with Crippen molar-refractivity contribution < 1.29 is 9.32 Å². The van der Waals surface area contributed by atoms with Gasteiger partial charge in [0, 0.05) is 23.6 Å². The second-order valence-electron chi connectivity index (χ2n) is 6.16. The van der Waals surface area contributed by atoms with Crippen LogP contribution in [0.15, 0.2) is 28.8 Å². The molecule has 0 unspecified atom stereocenters. The number of fused-ring (bicyclic) bond motifs is 2. The number of pyridine rings is 1. The summed E-state index contributed by atoms with van der Waals surface area (Å²) in [7, 11) is 0. The Hall–Kier alpha value is -2.89. The topological polar surface area (TPSA) is 85.2 Å². The van der Waals surface area contributed by atoms with Crippen LogP contribution in [0.3, 0.4) is 0 Å². The number of nitrogens with zero attached hydrogens (tertiary/aromatic N) is 3. The highest BCUT2D eigenvalue weighted by Gasteiger charge is 2.27. The molecule has 6 heteroatoms. The van der Waals surface area contributed by atoms with Crippen LogP contribution in [-0.4, -0.2) is 22.6 Å². The molecule has 122 valence electrons. The van der Waals surface area contributed by atoms with Crippen molar-refractivity contribution in [3.05, 3.63) is 46.8 Å². The summed E-state index contributed by atoms with van der Waals surface area (Å²) in [4.78, 5) is 19.4. The van der Waals surface area contributed by atoms with E-state index in [0.717, 1.165) is 35.5 Å². The number of amides is 1. The van der Waals surface area contributed by atoms with Crippen LogP contribution in [0.25, 0.3) is 11.1 Å². The zero-order valence-corrected chi connectivity index (χ0v) is 13.7. The predicted octanol–water partition coefficient (Wildman–Crippen LogP) is 3.01. The van der Waals surface area contributed by atoms with Crippen LogP contribution in [-0.2, 0) is 6.42 Å². The number of aromatic nitrogens is 2. The van der Waals surface area contributed by atoms with Gasteiger partial charge in [0.25, 0.3) is 11.6 Å². The van der Waals surface area contributed by atoms with Crippen molar-refractivity contribution >= 4 is 28.4 Å². The molecule has 0 saturated heterocycles. The number of anilines is 2. The Morgan fingerprint density at radius 2 is 2.17 bits per heavy atom. The fourth-order valence-electron chi connectivity index (χ4n) is 3.39. The second-order valence-corrected chi connectivity index (χ2v) is 6.16. The lowest BCUT2D eigenvalue weighted by atomic mass is 9.98. The molecule has 0 aliphatic carbocycles. The average molecular weight is 322 g/mol. The summed E-state index contributed by atoms with van der Waals surface area (Å²) < 4.78 is 5.24. The van der Waals surface area contributed by atoms with E-state index >= 15 is 0 Å². The summed E-state index contributed by atoms with van der Waals surface area (Å²) in [6.45, 7) is 4.33. The molecule has 0 radical (unpaired) electrons. The largest absolute Gasteiger partial charge is 0.398 e. The second kappa shape index (κ2) is 5.33. The van der Waals surface area contributed by atoms with Gasteiger partial charge >= 0.3 is 0 Å². The van der Waals surface area contributed by atoms with Crippen molar-refractivity contribution in [2.45, 2.75) is 26.7 Å². The molecule has 0 fully saturated rings. The lowest BCUT2D eigenvalue weighted by molar-refractivity contribution is 0.0986. The van der Waals surface area contributed by atoms with E-state index in [2.05, 4.69) is 10.1 Å². The van der Waals surface area contributed by atoms with Crippen LogP contribution in [0.2, 0.25) is 0 Å². The van der Waals surface area contributed by atoms with E-state index in [-0.39, 0.29) is 5.91 Å². The SMILES string of the molecule is Cc1cc(C(=O)N2CCCc3c(N)cccc32)c2c(C)noc2n1. The number of carbonyl (C=O) groups is 1. The van der Waals surface area contributed by atoms with Gasteiger partial charge in [0.15, 0.2) is 0 Å². The Balaban J connectivity index is 1.87. The first-order chi connectivity index (χ1) is 11.6. The summed E-state index contributed by atoms with van der Waals surface area (Å²) in [6.07, 6.45) is 1.78. The maximum atomic E-state index is 13.3. The van der Waals surface area contributed by atoms with Gasteiger partial charge in [-0.3, -0.25) is 4.79 Å². The molecule has 24 heavy (non-hydrogen) atoms. The van der Waals surface area contributed by atoms with Gasteiger partial charge in [0.1, 0.15) is 0 Å². The Bertz CT molecular complexity index is 961. The van der Waals surface area contributed by atoms with Crippen LogP contribution < -0.4 is 10.6 Å². The predicted molar refractivity (Wildman–Crippen MR) is 92.1 cm³/mol. The van der Waals surface area contributed by atoms with Gasteiger partial charge in [-0.1, -0.05) is 11.2 Å². The number of nitrogen functional groups attached to an aromatic ring is 1. The highest BCUT2D eigenvalue weighted by atomic mass is 16.5. The Morgan fingerprint density at radius 3 is 3.00 bits per heavy atom. The van der Waals surface area contributed by atoms with E-state index in [1.165, 1.54) is 0 Å². The molecule has 1 aliphatic rings. The molecule has 1 amide bonds. The number of carbonyl (C=O) groups excluding carboxylic acids is 1. The lowest BCUT2D eigenvalue weighted by Crippen LogP contribution is -2.36. The lowest BCUT2D eigenvalue weighted by Gasteiger charge is -2.30. The molecule has 3 heterocycles. The van der Waals surface area contributed by atoms with Gasteiger partial charge < -0.3 is 15.2 Å². The third-order valence-electron chi connectivity index (χ3n) is 4.51. The first-order valence-electron chi connectivity index (χ1n) is 7.99. The maximum absolute atomic E-state index is 13.3. The van der Waals surface area contributed by atoms with Crippen molar-refractivity contribution in [3.63, 3.8) is 0 Å². The molecule has 0 spiro atoms. The first kappa shape index (κ1) is 14.7. The molecular formula is C18H18N4O2. The number of rotatable bonds is 1. The minimum Gasteiger partial charge on any atom is -0.398 e. The van der Waals surface area contributed by atoms with Crippen molar-refractivity contribution in [1.82, 2.24) is 10.1 Å². The highest BCUT2D eigenvalue weighted by molar-refractivity contribution is 6.14. The van der Waals surface area contributed by atoms with Gasteiger partial charge in [0.2, 0.25) is 0 Å². The van der Waals surface area contributed by atoms with Crippen LogP contribution in [0.5, 0.6) is 0 Å². The van der Waals surface area contributed by atoms with E-state index in [9.17, 15) is 4.79 Å². The summed E-state index contributed by atoms with van der Waals surface area (Å²) in [6, 6.07) is 7.52. The van der Waals surface area contributed by atoms with E-state index in [1.54, 1.807) is 11.0 Å². The van der Waals surface area contributed by atoms with Crippen LogP contribution in [0.1, 0.15) is 33.7 Å².